The van der Waals surface area contributed by atoms with Crippen LogP contribution in [0.25, 0.3) is 0 Å². The topological polar surface area (TPSA) is 60.0 Å². The van der Waals surface area contributed by atoms with Gasteiger partial charge in [-0.1, -0.05) is 25.1 Å². The van der Waals surface area contributed by atoms with Gasteiger partial charge in [-0.2, -0.15) is 0 Å². The van der Waals surface area contributed by atoms with Crippen molar-refractivity contribution in [2.45, 2.75) is 44.2 Å². The molecule has 0 unspecified atom stereocenters. The van der Waals surface area contributed by atoms with Crippen LogP contribution in [0.1, 0.15) is 32.6 Å². The molecule has 2 saturated heterocycles. The highest BCUT2D eigenvalue weighted by Crippen LogP contribution is 2.36. The summed E-state index contributed by atoms with van der Waals surface area (Å²) in [6.45, 7) is 5.21. The molecule has 0 radical (unpaired) electrons. The highest BCUT2D eigenvalue weighted by molar-refractivity contribution is 5.67. The molecule has 2 heterocycles. The van der Waals surface area contributed by atoms with Crippen molar-refractivity contribution in [2.75, 3.05) is 26.2 Å². The maximum Gasteiger partial charge on any atom is 0.453 e. The van der Waals surface area contributed by atoms with Crippen molar-refractivity contribution in [3.05, 3.63) is 30.3 Å². The molecule has 0 saturated carbocycles. The first-order valence-corrected chi connectivity index (χ1v) is 8.77. The molecule has 0 bridgehead atoms. The van der Waals surface area contributed by atoms with Crippen LogP contribution in [0, 0.1) is 0 Å². The van der Waals surface area contributed by atoms with Gasteiger partial charge in [0.25, 0.3) is 0 Å². The van der Waals surface area contributed by atoms with Crippen molar-refractivity contribution < 1.29 is 19.3 Å². The zero-order chi connectivity index (χ0) is 16.8. The summed E-state index contributed by atoms with van der Waals surface area (Å²) in [4.78, 5) is 24.4. The minimum absolute atomic E-state index is 0.0509. The van der Waals surface area contributed by atoms with Crippen LogP contribution >= 0.6 is 0 Å². The minimum atomic E-state index is -0.444. The molecule has 1 N–H and O–H groups in total. The van der Waals surface area contributed by atoms with Crippen molar-refractivity contribution in [3.8, 4) is 5.75 Å². The van der Waals surface area contributed by atoms with Gasteiger partial charge in [0.05, 0.1) is 18.2 Å². The zero-order valence-electron chi connectivity index (χ0n) is 14.2. The SMILES string of the molecule is CCCN(C(=O)OOc1ccccc1)[C@@H]1COC2(CCNCC2)C1. The van der Waals surface area contributed by atoms with Gasteiger partial charge in [0.15, 0.2) is 5.75 Å². The van der Waals surface area contributed by atoms with Gasteiger partial charge in [-0.25, -0.2) is 9.68 Å². The second-order valence-electron chi connectivity index (χ2n) is 6.54. The first-order valence-electron chi connectivity index (χ1n) is 8.77. The molecule has 132 valence electrons. The Morgan fingerprint density at radius 1 is 1.33 bits per heavy atom. The smallest absolute Gasteiger partial charge is 0.373 e. The Kier molecular flexibility index (Phi) is 5.58. The van der Waals surface area contributed by atoms with E-state index in [0.717, 1.165) is 38.8 Å². The van der Waals surface area contributed by atoms with Crippen LogP contribution in [0.2, 0.25) is 0 Å². The van der Waals surface area contributed by atoms with E-state index in [2.05, 4.69) is 12.2 Å². The predicted molar refractivity (Wildman–Crippen MR) is 89.7 cm³/mol. The number of para-hydroxylation sites is 1. The lowest BCUT2D eigenvalue weighted by molar-refractivity contribution is -0.156. The lowest BCUT2D eigenvalue weighted by Gasteiger charge is -2.33. The summed E-state index contributed by atoms with van der Waals surface area (Å²) in [5, 5.41) is 3.36. The summed E-state index contributed by atoms with van der Waals surface area (Å²) in [6.07, 6.45) is 3.29. The van der Waals surface area contributed by atoms with E-state index in [0.29, 0.717) is 18.9 Å². The largest absolute Gasteiger partial charge is 0.453 e. The fourth-order valence-electron chi connectivity index (χ4n) is 3.52. The molecule has 3 rings (SSSR count). The molecule has 6 heteroatoms. The molecule has 1 aromatic rings. The van der Waals surface area contributed by atoms with E-state index >= 15 is 0 Å². The summed E-state index contributed by atoms with van der Waals surface area (Å²) in [6, 6.07) is 9.10. The first kappa shape index (κ1) is 17.0. The first-order chi connectivity index (χ1) is 11.7. The molecule has 6 nitrogen and oxygen atoms in total. The number of hydrogen-bond acceptors (Lipinski definition) is 5. The van der Waals surface area contributed by atoms with Crippen LogP contribution in [0.4, 0.5) is 4.79 Å². The van der Waals surface area contributed by atoms with Gasteiger partial charge in [0.2, 0.25) is 0 Å². The molecule has 2 aliphatic rings. The van der Waals surface area contributed by atoms with E-state index in [1.54, 1.807) is 17.0 Å². The number of rotatable bonds is 5. The van der Waals surface area contributed by atoms with Crippen molar-refractivity contribution in [1.82, 2.24) is 10.2 Å². The normalized spacial score (nSPS) is 22.3. The maximum atomic E-state index is 12.5. The summed E-state index contributed by atoms with van der Waals surface area (Å²) in [5.74, 6) is 0.514. The van der Waals surface area contributed by atoms with Gasteiger partial charge < -0.3 is 10.1 Å². The van der Waals surface area contributed by atoms with Crippen LogP contribution in [0.5, 0.6) is 5.75 Å². The number of piperidine rings is 1. The van der Waals surface area contributed by atoms with Gasteiger partial charge in [0, 0.05) is 6.54 Å². The number of carbonyl (C=O) groups excluding carboxylic acids is 1. The molecular formula is C18H26N2O4. The Balaban J connectivity index is 1.58. The summed E-state index contributed by atoms with van der Waals surface area (Å²) < 4.78 is 6.10. The summed E-state index contributed by atoms with van der Waals surface area (Å²) in [5.41, 5.74) is -0.0809. The Morgan fingerprint density at radius 2 is 2.08 bits per heavy atom. The average Bonchev–Trinajstić information content (AvgIpc) is 3.02. The Bertz CT molecular complexity index is 531. The van der Waals surface area contributed by atoms with Gasteiger partial charge in [-0.15, -0.1) is 0 Å². The van der Waals surface area contributed by atoms with Crippen molar-refractivity contribution >= 4 is 6.09 Å². The number of carbonyl (C=O) groups is 1. The van der Waals surface area contributed by atoms with Crippen LogP contribution in [-0.2, 0) is 9.62 Å². The molecule has 1 atom stereocenters. The Morgan fingerprint density at radius 3 is 2.79 bits per heavy atom. The second kappa shape index (κ2) is 7.85. The van der Waals surface area contributed by atoms with Crippen LogP contribution in [-0.4, -0.2) is 48.9 Å². The minimum Gasteiger partial charge on any atom is -0.373 e. The molecule has 1 spiro atoms. The number of nitrogens with zero attached hydrogens (tertiary/aromatic N) is 1. The lowest BCUT2D eigenvalue weighted by Crippen LogP contribution is -2.45. The molecule has 0 aliphatic carbocycles. The highest BCUT2D eigenvalue weighted by atomic mass is 17.2. The van der Waals surface area contributed by atoms with Crippen LogP contribution in [0.15, 0.2) is 30.3 Å². The third-order valence-corrected chi connectivity index (χ3v) is 4.80. The molecule has 0 aromatic heterocycles. The number of benzene rings is 1. The van der Waals surface area contributed by atoms with E-state index in [-0.39, 0.29) is 11.6 Å². The third-order valence-electron chi connectivity index (χ3n) is 4.80. The van der Waals surface area contributed by atoms with Gasteiger partial charge >= 0.3 is 6.09 Å². The fourth-order valence-corrected chi connectivity index (χ4v) is 3.52. The monoisotopic (exact) mass is 334 g/mol. The van der Waals surface area contributed by atoms with E-state index in [1.165, 1.54) is 0 Å². The Hall–Kier alpha value is -1.79. The quantitative estimate of drug-likeness (QED) is 0.663. The van der Waals surface area contributed by atoms with Crippen molar-refractivity contribution in [3.63, 3.8) is 0 Å². The van der Waals surface area contributed by atoms with Crippen molar-refractivity contribution in [1.29, 1.82) is 0 Å². The average molecular weight is 334 g/mol. The number of nitrogens with one attached hydrogen (secondary N) is 1. The third kappa shape index (κ3) is 3.99. The van der Waals surface area contributed by atoms with Crippen molar-refractivity contribution in [2.24, 2.45) is 0 Å². The van der Waals surface area contributed by atoms with E-state index in [9.17, 15) is 4.79 Å². The van der Waals surface area contributed by atoms with Crippen LogP contribution < -0.4 is 10.2 Å². The van der Waals surface area contributed by atoms with E-state index in [1.807, 2.05) is 18.2 Å². The van der Waals surface area contributed by atoms with Gasteiger partial charge in [0.1, 0.15) is 0 Å². The molecule has 2 aliphatic heterocycles. The predicted octanol–water partition coefficient (Wildman–Crippen LogP) is 2.74. The number of amides is 1. The maximum absolute atomic E-state index is 12.5. The molecule has 2 fully saturated rings. The molecule has 1 aromatic carbocycles. The van der Waals surface area contributed by atoms with Gasteiger partial charge in [-0.05, 0) is 50.9 Å². The second-order valence-corrected chi connectivity index (χ2v) is 6.54. The zero-order valence-corrected chi connectivity index (χ0v) is 14.2. The summed E-state index contributed by atoms with van der Waals surface area (Å²) in [7, 11) is 0. The van der Waals surface area contributed by atoms with E-state index in [4.69, 9.17) is 14.5 Å². The molecule has 24 heavy (non-hydrogen) atoms. The Labute approximate surface area is 143 Å². The van der Waals surface area contributed by atoms with E-state index < -0.39 is 6.09 Å². The summed E-state index contributed by atoms with van der Waals surface area (Å²) >= 11 is 0. The number of hydrogen-bond donors (Lipinski definition) is 1. The standard InChI is InChI=1S/C18H26N2O4/c1-2-12-20(17(21)24-23-16-6-4-3-5-7-16)15-13-18(22-14-15)8-10-19-11-9-18/h3-7,15,19H,2,8-14H2,1H3/t15-/m0/s1. The molecule has 1 amide bonds. The number of ether oxygens (including phenoxy) is 1. The highest BCUT2D eigenvalue weighted by Gasteiger charge is 2.44. The van der Waals surface area contributed by atoms with Gasteiger partial charge in [-0.3, -0.25) is 9.79 Å². The fraction of sp³-hybridized carbons (Fsp3) is 0.611. The van der Waals surface area contributed by atoms with Crippen LogP contribution in [0.3, 0.4) is 0 Å². The molecular weight excluding hydrogens is 308 g/mol. The lowest BCUT2D eigenvalue weighted by atomic mass is 9.88.